The summed E-state index contributed by atoms with van der Waals surface area (Å²) in [5.74, 6) is 1.47. The van der Waals surface area contributed by atoms with Crippen LogP contribution in [0, 0.1) is 6.92 Å². The van der Waals surface area contributed by atoms with Gasteiger partial charge in [0.05, 0.1) is 34.0 Å². The zero-order valence-electron chi connectivity index (χ0n) is 20.5. The molecule has 0 bridgehead atoms. The van der Waals surface area contributed by atoms with Crippen LogP contribution in [0.15, 0.2) is 88.5 Å². The minimum absolute atomic E-state index is 0.500. The van der Waals surface area contributed by atoms with Gasteiger partial charge in [-0.2, -0.15) is 5.10 Å². The number of aryl methyl sites for hydroxylation is 1. The summed E-state index contributed by atoms with van der Waals surface area (Å²) in [5.41, 5.74) is 4.92. The fourth-order valence-corrected chi connectivity index (χ4v) is 5.04. The normalized spacial score (nSPS) is 12.1. The molecule has 37 heavy (non-hydrogen) atoms. The molecule has 1 unspecified atom stereocenters. The first kappa shape index (κ1) is 25.1. The highest BCUT2D eigenvalue weighted by Gasteiger charge is 2.14. The van der Waals surface area contributed by atoms with E-state index in [1.165, 1.54) is 11.9 Å². The van der Waals surface area contributed by atoms with E-state index in [0.717, 1.165) is 38.3 Å². The molecule has 0 saturated heterocycles. The van der Waals surface area contributed by atoms with Gasteiger partial charge in [-0.05, 0) is 53.8 Å². The SMILES string of the molecule is Cc1cc(Cn2cc(CNS(C)=O)cn2)cc2onc(NSc3ccccc3OCc3ccccc3)c12. The van der Waals surface area contributed by atoms with E-state index in [2.05, 4.69) is 25.8 Å². The van der Waals surface area contributed by atoms with Crippen molar-refractivity contribution in [2.45, 2.75) is 31.5 Å². The summed E-state index contributed by atoms with van der Waals surface area (Å²) < 4.78 is 31.1. The zero-order valence-corrected chi connectivity index (χ0v) is 22.1. The minimum atomic E-state index is -1.06. The maximum atomic E-state index is 11.2. The van der Waals surface area contributed by atoms with E-state index in [4.69, 9.17) is 9.26 Å². The Kier molecular flexibility index (Phi) is 7.88. The van der Waals surface area contributed by atoms with Gasteiger partial charge in [0.25, 0.3) is 0 Å². The second-order valence-corrected chi connectivity index (χ2v) is 10.6. The highest BCUT2D eigenvalue weighted by molar-refractivity contribution is 8.00. The van der Waals surface area contributed by atoms with Crippen molar-refractivity contribution in [2.24, 2.45) is 0 Å². The van der Waals surface area contributed by atoms with Gasteiger partial charge in [0, 0.05) is 24.6 Å². The Balaban J connectivity index is 1.26. The van der Waals surface area contributed by atoms with E-state index < -0.39 is 11.0 Å². The number of ether oxygens (including phenoxy) is 1. The van der Waals surface area contributed by atoms with Crippen LogP contribution in [0.25, 0.3) is 11.0 Å². The number of rotatable bonds is 11. The molecule has 8 nitrogen and oxygen atoms in total. The van der Waals surface area contributed by atoms with Crippen molar-refractivity contribution in [3.05, 3.63) is 101 Å². The monoisotopic (exact) mass is 533 g/mol. The second kappa shape index (κ2) is 11.6. The van der Waals surface area contributed by atoms with Crippen molar-refractivity contribution in [1.29, 1.82) is 0 Å². The highest BCUT2D eigenvalue weighted by Crippen LogP contribution is 2.34. The van der Waals surface area contributed by atoms with E-state index in [-0.39, 0.29) is 0 Å². The number of benzene rings is 3. The van der Waals surface area contributed by atoms with Crippen molar-refractivity contribution >= 4 is 39.7 Å². The third-order valence-corrected chi connectivity index (χ3v) is 7.09. The molecule has 3 aromatic carbocycles. The molecule has 190 valence electrons. The summed E-state index contributed by atoms with van der Waals surface area (Å²) in [7, 11) is -1.06. The number of anilines is 1. The lowest BCUT2D eigenvalue weighted by Gasteiger charge is -2.11. The smallest absolute Gasteiger partial charge is 0.187 e. The Morgan fingerprint density at radius 3 is 2.70 bits per heavy atom. The fraction of sp³-hybridized carbons (Fsp3) is 0.185. The number of para-hydroxylation sites is 1. The molecule has 0 amide bonds. The molecule has 0 aliphatic heterocycles. The average molecular weight is 534 g/mol. The van der Waals surface area contributed by atoms with Crippen LogP contribution in [0.3, 0.4) is 0 Å². The lowest BCUT2D eigenvalue weighted by atomic mass is 10.1. The molecule has 2 heterocycles. The van der Waals surface area contributed by atoms with Crippen molar-refractivity contribution in [1.82, 2.24) is 19.7 Å². The Labute approximate surface area is 222 Å². The molecule has 0 spiro atoms. The Hall–Kier alpha value is -3.60. The largest absolute Gasteiger partial charge is 0.488 e. The van der Waals surface area contributed by atoms with Crippen LogP contribution in [0.4, 0.5) is 5.82 Å². The third-order valence-electron chi connectivity index (χ3n) is 5.69. The highest BCUT2D eigenvalue weighted by atomic mass is 32.2. The van der Waals surface area contributed by atoms with Crippen molar-refractivity contribution < 1.29 is 13.5 Å². The predicted molar refractivity (Wildman–Crippen MR) is 148 cm³/mol. The number of nitrogens with zero attached hydrogens (tertiary/aromatic N) is 3. The molecule has 0 aliphatic carbocycles. The van der Waals surface area contributed by atoms with Gasteiger partial charge < -0.3 is 14.0 Å². The van der Waals surface area contributed by atoms with Crippen LogP contribution in [0.1, 0.15) is 22.3 Å². The summed E-state index contributed by atoms with van der Waals surface area (Å²) in [6.45, 7) is 3.65. The van der Waals surface area contributed by atoms with E-state index in [1.54, 1.807) is 12.5 Å². The maximum Gasteiger partial charge on any atom is 0.187 e. The number of hydrogen-bond acceptors (Lipinski definition) is 7. The summed E-state index contributed by atoms with van der Waals surface area (Å²) in [4.78, 5) is 0.958. The Bertz CT molecular complexity index is 1520. The molecule has 1 atom stereocenters. The molecule has 0 radical (unpaired) electrons. The van der Waals surface area contributed by atoms with Crippen LogP contribution in [0.5, 0.6) is 5.75 Å². The number of fused-ring (bicyclic) bond motifs is 1. The van der Waals surface area contributed by atoms with Crippen LogP contribution < -0.4 is 14.2 Å². The Morgan fingerprint density at radius 2 is 1.86 bits per heavy atom. The lowest BCUT2D eigenvalue weighted by molar-refractivity contribution is 0.299. The quantitative estimate of drug-likeness (QED) is 0.218. The molecule has 0 fully saturated rings. The first-order valence-electron chi connectivity index (χ1n) is 11.7. The lowest BCUT2D eigenvalue weighted by Crippen LogP contribution is -2.14. The van der Waals surface area contributed by atoms with Gasteiger partial charge >= 0.3 is 0 Å². The predicted octanol–water partition coefficient (Wildman–Crippen LogP) is 5.46. The molecule has 2 N–H and O–H groups in total. The minimum Gasteiger partial charge on any atom is -0.488 e. The van der Waals surface area contributed by atoms with Crippen LogP contribution >= 0.6 is 11.9 Å². The van der Waals surface area contributed by atoms with E-state index >= 15 is 0 Å². The third kappa shape index (κ3) is 6.40. The van der Waals surface area contributed by atoms with Gasteiger partial charge in [-0.15, -0.1) is 0 Å². The van der Waals surface area contributed by atoms with Crippen LogP contribution in [-0.2, 0) is 30.7 Å². The molecular formula is C27H27N5O3S2. The zero-order chi connectivity index (χ0) is 25.6. The molecule has 10 heteroatoms. The van der Waals surface area contributed by atoms with Crippen molar-refractivity contribution in [2.75, 3.05) is 11.0 Å². The molecule has 5 rings (SSSR count). The van der Waals surface area contributed by atoms with Crippen molar-refractivity contribution in [3.63, 3.8) is 0 Å². The first-order valence-corrected chi connectivity index (χ1v) is 14.1. The van der Waals surface area contributed by atoms with E-state index in [0.29, 0.717) is 31.1 Å². The summed E-state index contributed by atoms with van der Waals surface area (Å²) in [5, 5.41) is 9.63. The van der Waals surface area contributed by atoms with Gasteiger partial charge in [0.15, 0.2) is 11.4 Å². The molecule has 0 saturated carbocycles. The summed E-state index contributed by atoms with van der Waals surface area (Å²) >= 11 is 1.44. The molecule has 0 aliphatic rings. The van der Waals surface area contributed by atoms with Crippen LogP contribution in [-0.4, -0.2) is 25.4 Å². The second-order valence-electron chi connectivity index (χ2n) is 8.56. The summed E-state index contributed by atoms with van der Waals surface area (Å²) in [6, 6.07) is 22.1. The maximum absolute atomic E-state index is 11.2. The van der Waals surface area contributed by atoms with Gasteiger partial charge in [0.2, 0.25) is 0 Å². The van der Waals surface area contributed by atoms with E-state index in [9.17, 15) is 4.21 Å². The summed E-state index contributed by atoms with van der Waals surface area (Å²) in [6.07, 6.45) is 5.33. The molecule has 2 aromatic heterocycles. The van der Waals surface area contributed by atoms with Gasteiger partial charge in [0.1, 0.15) is 12.4 Å². The standard InChI is InChI=1S/C27H27N5O3S2/c1-19-12-21(16-32-17-22(14-28-32)15-29-37(2)33)13-24-26(19)27(30-35-24)31-36-25-11-7-6-10-23(25)34-18-20-8-4-3-5-9-20/h3-14,17,29H,15-16,18H2,1-2H3,(H,30,31). The van der Waals surface area contributed by atoms with Crippen molar-refractivity contribution in [3.8, 4) is 5.75 Å². The molecule has 5 aromatic rings. The molecular weight excluding hydrogens is 506 g/mol. The number of aromatic nitrogens is 3. The van der Waals surface area contributed by atoms with Gasteiger partial charge in [-0.1, -0.05) is 53.7 Å². The van der Waals surface area contributed by atoms with Crippen LogP contribution in [0.2, 0.25) is 0 Å². The number of hydrogen-bond donors (Lipinski definition) is 2. The first-order chi connectivity index (χ1) is 18.0. The topological polar surface area (TPSA) is 94.2 Å². The fourth-order valence-electron chi connectivity index (χ4n) is 3.95. The van der Waals surface area contributed by atoms with Gasteiger partial charge in [-0.25, -0.2) is 8.93 Å². The Morgan fingerprint density at radius 1 is 1.05 bits per heavy atom. The average Bonchev–Trinajstić information content (AvgIpc) is 3.53. The number of nitrogens with one attached hydrogen (secondary N) is 2. The van der Waals surface area contributed by atoms with E-state index in [1.807, 2.05) is 78.5 Å². The van der Waals surface area contributed by atoms with Gasteiger partial charge in [-0.3, -0.25) is 4.68 Å².